The summed E-state index contributed by atoms with van der Waals surface area (Å²) < 4.78 is 0. The Morgan fingerprint density at radius 2 is 2.25 bits per heavy atom. The summed E-state index contributed by atoms with van der Waals surface area (Å²) in [6.07, 6.45) is 1.28. The molecule has 0 amide bonds. The van der Waals surface area contributed by atoms with Gasteiger partial charge in [-0.1, -0.05) is 0 Å². The fraction of sp³-hybridized carbons (Fsp3) is 0.875. The van der Waals surface area contributed by atoms with Crippen molar-refractivity contribution in [3.05, 3.63) is 0 Å². The molecule has 72 valence electrons. The Morgan fingerprint density at radius 1 is 1.67 bits per heavy atom. The Hall–Kier alpha value is -0.280. The van der Waals surface area contributed by atoms with Crippen LogP contribution in [0.1, 0.15) is 26.7 Å². The van der Waals surface area contributed by atoms with E-state index < -0.39 is 5.97 Å². The number of hydrogen-bond acceptors (Lipinski definition) is 2. The van der Waals surface area contributed by atoms with Gasteiger partial charge in [0.25, 0.3) is 0 Å². The standard InChI is InChI=1S/C8H15NO2.ClH/c1-8(2)6(3-4-9-8)5-7(10)11;/h6,9H,3-5H2,1-2H3,(H,10,11);1H. The average Bonchev–Trinajstić information content (AvgIpc) is 2.10. The summed E-state index contributed by atoms with van der Waals surface area (Å²) in [6.45, 7) is 5.08. The second kappa shape index (κ2) is 4.10. The van der Waals surface area contributed by atoms with Gasteiger partial charge in [0, 0.05) is 12.0 Å². The van der Waals surface area contributed by atoms with Crippen molar-refractivity contribution in [2.24, 2.45) is 5.92 Å². The van der Waals surface area contributed by atoms with Gasteiger partial charge in [-0.3, -0.25) is 4.79 Å². The fourth-order valence-corrected chi connectivity index (χ4v) is 1.64. The van der Waals surface area contributed by atoms with E-state index in [9.17, 15) is 4.79 Å². The molecule has 0 aliphatic carbocycles. The second-order valence-corrected chi connectivity index (χ2v) is 3.73. The first-order valence-corrected chi connectivity index (χ1v) is 3.99. The topological polar surface area (TPSA) is 49.3 Å². The number of nitrogens with one attached hydrogen (secondary N) is 1. The van der Waals surface area contributed by atoms with Crippen LogP contribution in [0.4, 0.5) is 0 Å². The van der Waals surface area contributed by atoms with E-state index in [-0.39, 0.29) is 17.9 Å². The van der Waals surface area contributed by atoms with Gasteiger partial charge < -0.3 is 10.4 Å². The zero-order chi connectivity index (χ0) is 8.48. The summed E-state index contributed by atoms with van der Waals surface area (Å²) >= 11 is 0. The minimum Gasteiger partial charge on any atom is -0.481 e. The molecule has 1 heterocycles. The van der Waals surface area contributed by atoms with Crippen molar-refractivity contribution >= 4 is 18.4 Å². The van der Waals surface area contributed by atoms with Crippen LogP contribution >= 0.6 is 12.4 Å². The van der Waals surface area contributed by atoms with Gasteiger partial charge in [0.2, 0.25) is 0 Å². The highest BCUT2D eigenvalue weighted by molar-refractivity contribution is 5.85. The minimum absolute atomic E-state index is 0. The van der Waals surface area contributed by atoms with Gasteiger partial charge in [-0.2, -0.15) is 0 Å². The molecule has 1 aliphatic rings. The quantitative estimate of drug-likeness (QED) is 0.695. The predicted molar refractivity (Wildman–Crippen MR) is 49.7 cm³/mol. The maximum absolute atomic E-state index is 10.4. The van der Waals surface area contributed by atoms with Crippen molar-refractivity contribution in [3.8, 4) is 0 Å². The van der Waals surface area contributed by atoms with Crippen LogP contribution in [0.5, 0.6) is 0 Å². The lowest BCUT2D eigenvalue weighted by Crippen LogP contribution is -2.38. The van der Waals surface area contributed by atoms with Crippen molar-refractivity contribution in [2.45, 2.75) is 32.2 Å². The van der Waals surface area contributed by atoms with Crippen LogP contribution in [-0.4, -0.2) is 23.2 Å². The van der Waals surface area contributed by atoms with E-state index in [4.69, 9.17) is 5.11 Å². The Kier molecular flexibility index (Phi) is 4.00. The average molecular weight is 194 g/mol. The van der Waals surface area contributed by atoms with Crippen LogP contribution in [0, 0.1) is 5.92 Å². The number of rotatable bonds is 2. The molecule has 1 atom stereocenters. The van der Waals surface area contributed by atoms with E-state index in [0.717, 1.165) is 13.0 Å². The zero-order valence-corrected chi connectivity index (χ0v) is 8.28. The lowest BCUT2D eigenvalue weighted by molar-refractivity contribution is -0.138. The number of aliphatic carboxylic acids is 1. The lowest BCUT2D eigenvalue weighted by Gasteiger charge is -2.25. The molecular formula is C8H16ClNO2. The molecule has 1 aliphatic heterocycles. The highest BCUT2D eigenvalue weighted by Crippen LogP contribution is 2.28. The smallest absolute Gasteiger partial charge is 0.303 e. The molecule has 1 rings (SSSR count). The van der Waals surface area contributed by atoms with Crippen LogP contribution in [0.3, 0.4) is 0 Å². The molecule has 0 aromatic rings. The summed E-state index contributed by atoms with van der Waals surface area (Å²) in [6, 6.07) is 0. The highest BCUT2D eigenvalue weighted by atomic mass is 35.5. The number of carboxylic acid groups (broad SMARTS) is 1. The summed E-state index contributed by atoms with van der Waals surface area (Å²) in [7, 11) is 0. The first-order chi connectivity index (χ1) is 5.02. The van der Waals surface area contributed by atoms with Gasteiger partial charge in [0.05, 0.1) is 0 Å². The summed E-state index contributed by atoms with van der Waals surface area (Å²) in [5, 5.41) is 11.9. The molecule has 0 saturated carbocycles. The molecule has 0 aromatic heterocycles. The second-order valence-electron chi connectivity index (χ2n) is 3.73. The molecule has 1 fully saturated rings. The molecule has 3 nitrogen and oxygen atoms in total. The van der Waals surface area contributed by atoms with E-state index in [1.165, 1.54) is 0 Å². The zero-order valence-electron chi connectivity index (χ0n) is 7.46. The van der Waals surface area contributed by atoms with Crippen molar-refractivity contribution < 1.29 is 9.90 Å². The largest absolute Gasteiger partial charge is 0.481 e. The molecule has 0 radical (unpaired) electrons. The SMILES string of the molecule is CC1(C)NCCC1CC(=O)O.Cl. The minimum atomic E-state index is -0.688. The normalized spacial score (nSPS) is 26.3. The van der Waals surface area contributed by atoms with Crippen LogP contribution in [-0.2, 0) is 4.79 Å². The maximum Gasteiger partial charge on any atom is 0.303 e. The van der Waals surface area contributed by atoms with Gasteiger partial charge in [-0.25, -0.2) is 0 Å². The lowest BCUT2D eigenvalue weighted by atomic mass is 9.87. The van der Waals surface area contributed by atoms with Crippen LogP contribution in [0.25, 0.3) is 0 Å². The number of hydrogen-bond donors (Lipinski definition) is 2. The van der Waals surface area contributed by atoms with Gasteiger partial charge in [0.1, 0.15) is 0 Å². The highest BCUT2D eigenvalue weighted by Gasteiger charge is 2.34. The van der Waals surface area contributed by atoms with Gasteiger partial charge in [-0.15, -0.1) is 12.4 Å². The first kappa shape index (κ1) is 11.7. The molecule has 1 saturated heterocycles. The van der Waals surface area contributed by atoms with Crippen LogP contribution in [0.2, 0.25) is 0 Å². The van der Waals surface area contributed by atoms with E-state index in [2.05, 4.69) is 19.2 Å². The molecule has 2 N–H and O–H groups in total. The summed E-state index contributed by atoms with van der Waals surface area (Å²) in [5.41, 5.74) is 0.0123. The van der Waals surface area contributed by atoms with Crippen molar-refractivity contribution in [1.29, 1.82) is 0 Å². The first-order valence-electron chi connectivity index (χ1n) is 3.99. The van der Waals surface area contributed by atoms with E-state index in [1.54, 1.807) is 0 Å². The molecule has 0 aromatic carbocycles. The Balaban J connectivity index is 0.00000121. The summed E-state index contributed by atoms with van der Waals surface area (Å²) in [4.78, 5) is 10.4. The maximum atomic E-state index is 10.4. The summed E-state index contributed by atoms with van der Waals surface area (Å²) in [5.74, 6) is -0.397. The number of carboxylic acids is 1. The molecular weight excluding hydrogens is 178 g/mol. The molecule has 4 heteroatoms. The third kappa shape index (κ3) is 2.64. The number of carbonyl (C=O) groups is 1. The molecule has 0 bridgehead atoms. The Morgan fingerprint density at radius 3 is 2.58 bits per heavy atom. The van der Waals surface area contributed by atoms with E-state index >= 15 is 0 Å². The monoisotopic (exact) mass is 193 g/mol. The Bertz CT molecular complexity index is 170. The van der Waals surface area contributed by atoms with Crippen LogP contribution in [0.15, 0.2) is 0 Å². The molecule has 12 heavy (non-hydrogen) atoms. The fourth-order valence-electron chi connectivity index (χ4n) is 1.64. The van der Waals surface area contributed by atoms with E-state index in [1.807, 2.05) is 0 Å². The van der Waals surface area contributed by atoms with Crippen LogP contribution < -0.4 is 5.32 Å². The van der Waals surface area contributed by atoms with Gasteiger partial charge >= 0.3 is 5.97 Å². The molecule has 1 unspecified atom stereocenters. The van der Waals surface area contributed by atoms with Crippen molar-refractivity contribution in [1.82, 2.24) is 5.32 Å². The number of halogens is 1. The van der Waals surface area contributed by atoms with Gasteiger partial charge in [-0.05, 0) is 32.7 Å². The van der Waals surface area contributed by atoms with E-state index in [0.29, 0.717) is 12.3 Å². The third-order valence-corrected chi connectivity index (χ3v) is 2.52. The Labute approximate surface area is 78.9 Å². The van der Waals surface area contributed by atoms with Gasteiger partial charge in [0.15, 0.2) is 0 Å². The molecule has 0 spiro atoms. The third-order valence-electron chi connectivity index (χ3n) is 2.52. The predicted octanol–water partition coefficient (Wildman–Crippen LogP) is 1.27. The van der Waals surface area contributed by atoms with Crippen molar-refractivity contribution in [3.63, 3.8) is 0 Å². The van der Waals surface area contributed by atoms with Crippen molar-refractivity contribution in [2.75, 3.05) is 6.54 Å².